The van der Waals surface area contributed by atoms with Crippen molar-refractivity contribution in [3.8, 4) is 11.5 Å². The number of Topliss-reactive ketones (excluding diaryl/α,β-unsaturated/α-hetero) is 1. The largest absolute Gasteiger partial charge is 0.507 e. The van der Waals surface area contributed by atoms with Crippen LogP contribution in [0.25, 0.3) is 5.76 Å². The predicted octanol–water partition coefficient (Wildman–Crippen LogP) is 3.30. The normalized spacial score (nSPS) is 22.7. The monoisotopic (exact) mass is 423 g/mol. The summed E-state index contributed by atoms with van der Waals surface area (Å²) in [6, 6.07) is 13.1. The Morgan fingerprint density at radius 2 is 1.90 bits per heavy atom. The van der Waals surface area contributed by atoms with Crippen LogP contribution in [-0.2, 0) is 14.3 Å². The Kier molecular flexibility index (Phi) is 5.95. The number of benzene rings is 2. The Hall–Kier alpha value is -3.32. The highest BCUT2D eigenvalue weighted by molar-refractivity contribution is 6.46. The fourth-order valence-corrected chi connectivity index (χ4v) is 4.20. The van der Waals surface area contributed by atoms with Crippen LogP contribution in [0.4, 0.5) is 0 Å². The van der Waals surface area contributed by atoms with Gasteiger partial charge in [-0.05, 0) is 25.0 Å². The zero-order valence-electron chi connectivity index (χ0n) is 17.5. The molecule has 0 aromatic heterocycles. The molecule has 1 amide bonds. The van der Waals surface area contributed by atoms with E-state index in [4.69, 9.17) is 14.2 Å². The van der Waals surface area contributed by atoms with Gasteiger partial charge >= 0.3 is 0 Å². The minimum atomic E-state index is -0.801. The third-order valence-corrected chi connectivity index (χ3v) is 5.75. The fraction of sp³-hybridized carbons (Fsp3) is 0.333. The molecule has 0 saturated carbocycles. The number of aliphatic hydroxyl groups is 1. The lowest BCUT2D eigenvalue weighted by atomic mass is 9.94. The third kappa shape index (κ3) is 3.88. The van der Waals surface area contributed by atoms with Crippen molar-refractivity contribution in [3.05, 3.63) is 65.2 Å². The van der Waals surface area contributed by atoms with Crippen molar-refractivity contribution in [1.29, 1.82) is 0 Å². The van der Waals surface area contributed by atoms with E-state index in [2.05, 4.69) is 0 Å². The van der Waals surface area contributed by atoms with Gasteiger partial charge in [-0.15, -0.1) is 0 Å². The standard InChI is InChI=1S/C24H25NO6/c1-29-16-10-11-18(19(13-16)30-2)21-20(22(26)15-7-4-3-5-8-15)23(27)24(28)25(21)14-17-9-6-12-31-17/h3-5,7-8,10-11,13,17,21,26H,6,9,12,14H2,1-2H3. The molecule has 2 atom stereocenters. The molecular weight excluding hydrogens is 398 g/mol. The second-order valence-corrected chi connectivity index (χ2v) is 7.56. The van der Waals surface area contributed by atoms with Crippen LogP contribution >= 0.6 is 0 Å². The van der Waals surface area contributed by atoms with Crippen LogP contribution in [0.1, 0.15) is 30.0 Å². The molecule has 0 aliphatic carbocycles. The van der Waals surface area contributed by atoms with E-state index in [0.29, 0.717) is 29.2 Å². The molecule has 2 aromatic rings. The van der Waals surface area contributed by atoms with Crippen molar-refractivity contribution in [2.75, 3.05) is 27.4 Å². The number of carbonyl (C=O) groups excluding carboxylic acids is 2. The van der Waals surface area contributed by atoms with Gasteiger partial charge in [-0.2, -0.15) is 0 Å². The predicted molar refractivity (Wildman–Crippen MR) is 114 cm³/mol. The summed E-state index contributed by atoms with van der Waals surface area (Å²) in [5.74, 6) is -0.544. The van der Waals surface area contributed by atoms with Gasteiger partial charge in [-0.3, -0.25) is 9.59 Å². The molecule has 2 aliphatic heterocycles. The van der Waals surface area contributed by atoms with Gasteiger partial charge in [-0.1, -0.05) is 30.3 Å². The second kappa shape index (κ2) is 8.81. The first-order valence-electron chi connectivity index (χ1n) is 10.2. The Bertz CT molecular complexity index is 1010. The minimum Gasteiger partial charge on any atom is -0.507 e. The SMILES string of the molecule is COc1ccc(C2C(=C(O)c3ccccc3)C(=O)C(=O)N2CC2CCCO2)c(OC)c1. The summed E-state index contributed by atoms with van der Waals surface area (Å²) in [5.41, 5.74) is 1.10. The molecule has 2 aliphatic rings. The van der Waals surface area contributed by atoms with Gasteiger partial charge in [0.2, 0.25) is 0 Å². The number of rotatable bonds is 6. The maximum atomic E-state index is 13.1. The van der Waals surface area contributed by atoms with Crippen molar-refractivity contribution >= 4 is 17.4 Å². The highest BCUT2D eigenvalue weighted by Crippen LogP contribution is 2.44. The zero-order valence-corrected chi connectivity index (χ0v) is 17.5. The number of likely N-dealkylation sites (tertiary alicyclic amines) is 1. The molecular formula is C24H25NO6. The van der Waals surface area contributed by atoms with Gasteiger partial charge in [-0.25, -0.2) is 0 Å². The topological polar surface area (TPSA) is 85.3 Å². The first-order valence-corrected chi connectivity index (χ1v) is 10.2. The highest BCUT2D eigenvalue weighted by atomic mass is 16.5. The van der Waals surface area contributed by atoms with Crippen molar-refractivity contribution in [1.82, 2.24) is 4.90 Å². The number of nitrogens with zero attached hydrogens (tertiary/aromatic N) is 1. The molecule has 0 bridgehead atoms. The first kappa shape index (κ1) is 20.9. The zero-order chi connectivity index (χ0) is 22.0. The van der Waals surface area contributed by atoms with Gasteiger partial charge in [0.25, 0.3) is 11.7 Å². The Morgan fingerprint density at radius 3 is 2.55 bits per heavy atom. The van der Waals surface area contributed by atoms with Crippen molar-refractivity contribution in [2.45, 2.75) is 25.0 Å². The highest BCUT2D eigenvalue weighted by Gasteiger charge is 2.48. The molecule has 162 valence electrons. The van der Waals surface area contributed by atoms with Crippen LogP contribution in [0.3, 0.4) is 0 Å². The number of methoxy groups -OCH3 is 2. The summed E-state index contributed by atoms with van der Waals surface area (Å²) in [7, 11) is 3.06. The molecule has 0 radical (unpaired) electrons. The van der Waals surface area contributed by atoms with Crippen LogP contribution in [0.15, 0.2) is 54.1 Å². The van der Waals surface area contributed by atoms with Crippen LogP contribution < -0.4 is 9.47 Å². The number of carbonyl (C=O) groups is 2. The number of hydrogen-bond acceptors (Lipinski definition) is 6. The van der Waals surface area contributed by atoms with Gasteiger partial charge in [0.1, 0.15) is 17.3 Å². The van der Waals surface area contributed by atoms with E-state index < -0.39 is 17.7 Å². The van der Waals surface area contributed by atoms with Gasteiger partial charge < -0.3 is 24.2 Å². The molecule has 7 nitrogen and oxygen atoms in total. The number of amides is 1. The average Bonchev–Trinajstić information content (AvgIpc) is 3.41. The Labute approximate surface area is 180 Å². The summed E-state index contributed by atoms with van der Waals surface area (Å²) in [4.78, 5) is 27.6. The summed E-state index contributed by atoms with van der Waals surface area (Å²) < 4.78 is 16.6. The lowest BCUT2D eigenvalue weighted by Gasteiger charge is -2.28. The molecule has 31 heavy (non-hydrogen) atoms. The first-order chi connectivity index (χ1) is 15.0. The van der Waals surface area contributed by atoms with Crippen LogP contribution in [-0.4, -0.2) is 55.2 Å². The van der Waals surface area contributed by atoms with Gasteiger partial charge in [0.15, 0.2) is 0 Å². The van der Waals surface area contributed by atoms with E-state index in [1.807, 2.05) is 6.07 Å². The van der Waals surface area contributed by atoms with E-state index in [1.165, 1.54) is 12.0 Å². The molecule has 2 fully saturated rings. The van der Waals surface area contributed by atoms with E-state index >= 15 is 0 Å². The second-order valence-electron chi connectivity index (χ2n) is 7.56. The Balaban J connectivity index is 1.87. The van der Waals surface area contributed by atoms with Crippen molar-refractivity contribution in [2.24, 2.45) is 0 Å². The molecule has 2 heterocycles. The molecule has 2 unspecified atom stereocenters. The van der Waals surface area contributed by atoms with Gasteiger partial charge in [0, 0.05) is 30.3 Å². The van der Waals surface area contributed by atoms with E-state index in [0.717, 1.165) is 12.8 Å². The van der Waals surface area contributed by atoms with E-state index in [1.54, 1.807) is 49.6 Å². The number of ether oxygens (including phenoxy) is 3. The fourth-order valence-electron chi connectivity index (χ4n) is 4.20. The van der Waals surface area contributed by atoms with E-state index in [9.17, 15) is 14.7 Å². The van der Waals surface area contributed by atoms with Crippen LogP contribution in [0, 0.1) is 0 Å². The molecule has 2 aromatic carbocycles. The summed E-state index contributed by atoms with van der Waals surface area (Å²) >= 11 is 0. The van der Waals surface area contributed by atoms with E-state index in [-0.39, 0.29) is 24.0 Å². The average molecular weight is 423 g/mol. The third-order valence-electron chi connectivity index (χ3n) is 5.75. The molecule has 7 heteroatoms. The quantitative estimate of drug-likeness (QED) is 0.436. The summed E-state index contributed by atoms with van der Waals surface area (Å²) in [5, 5.41) is 11.1. The molecule has 4 rings (SSSR count). The maximum absolute atomic E-state index is 13.1. The molecule has 0 spiro atoms. The lowest BCUT2D eigenvalue weighted by molar-refractivity contribution is -0.140. The maximum Gasteiger partial charge on any atom is 0.295 e. The van der Waals surface area contributed by atoms with Gasteiger partial charge in [0.05, 0.1) is 31.9 Å². The van der Waals surface area contributed by atoms with Crippen molar-refractivity contribution in [3.63, 3.8) is 0 Å². The number of hydrogen-bond donors (Lipinski definition) is 1. The number of ketones is 1. The Morgan fingerprint density at radius 1 is 1.13 bits per heavy atom. The molecule has 1 N–H and O–H groups in total. The van der Waals surface area contributed by atoms with Crippen LogP contribution in [0.2, 0.25) is 0 Å². The lowest BCUT2D eigenvalue weighted by Crippen LogP contribution is -2.36. The van der Waals surface area contributed by atoms with Crippen molar-refractivity contribution < 1.29 is 28.9 Å². The minimum absolute atomic E-state index is 0.0395. The summed E-state index contributed by atoms with van der Waals surface area (Å²) in [6.45, 7) is 0.894. The molecule has 2 saturated heterocycles. The smallest absolute Gasteiger partial charge is 0.295 e. The summed E-state index contributed by atoms with van der Waals surface area (Å²) in [6.07, 6.45) is 1.57. The van der Waals surface area contributed by atoms with Crippen LogP contribution in [0.5, 0.6) is 11.5 Å². The number of aliphatic hydroxyl groups excluding tert-OH is 1.